The lowest BCUT2D eigenvalue weighted by Crippen LogP contribution is -2.43. The fourth-order valence-electron chi connectivity index (χ4n) is 6.07. The Morgan fingerprint density at radius 2 is 1.84 bits per heavy atom. The Labute approximate surface area is 261 Å². The van der Waals surface area contributed by atoms with Crippen molar-refractivity contribution in [2.75, 3.05) is 39.8 Å². The molecule has 0 unspecified atom stereocenters. The van der Waals surface area contributed by atoms with E-state index in [9.17, 15) is 0 Å². The van der Waals surface area contributed by atoms with E-state index < -0.39 is 0 Å². The molecule has 2 aromatic carbocycles. The van der Waals surface area contributed by atoms with Crippen molar-refractivity contribution in [3.8, 4) is 40.7 Å². The van der Waals surface area contributed by atoms with E-state index in [-0.39, 0.29) is 0 Å². The van der Waals surface area contributed by atoms with Gasteiger partial charge in [-0.2, -0.15) is 0 Å². The van der Waals surface area contributed by atoms with Crippen molar-refractivity contribution in [3.63, 3.8) is 0 Å². The van der Waals surface area contributed by atoms with Crippen LogP contribution in [0, 0.1) is 19.3 Å². The fourth-order valence-corrected chi connectivity index (χ4v) is 6.07. The molecule has 1 N–H and O–H groups in total. The van der Waals surface area contributed by atoms with E-state index in [1.54, 1.807) is 7.11 Å². The summed E-state index contributed by atoms with van der Waals surface area (Å²) < 4.78 is 11.9. The number of aryl methyl sites for hydroxylation is 1. The van der Waals surface area contributed by atoms with Crippen LogP contribution in [0.3, 0.4) is 0 Å². The third-order valence-corrected chi connectivity index (χ3v) is 8.47. The minimum atomic E-state index is 0.582. The molecule has 44 heavy (non-hydrogen) atoms. The van der Waals surface area contributed by atoms with Gasteiger partial charge >= 0.3 is 0 Å². The number of nitrogens with one attached hydrogen (secondary N) is 1. The van der Waals surface area contributed by atoms with Crippen molar-refractivity contribution in [1.82, 2.24) is 20.1 Å². The molecule has 0 bridgehead atoms. The molecule has 2 aromatic heterocycles. The van der Waals surface area contributed by atoms with Crippen LogP contribution in [0.5, 0.6) is 5.88 Å². The SMILES string of the molecule is C#CCC1=C(/C=C\CN2CCNCC2)N(Cc2ccccc2-c2ccc(OC)nc2)Cc2oc(-c3ccc(C)cc3)cc2C1. The quantitative estimate of drug-likeness (QED) is 0.223. The number of pyridine rings is 1. The lowest BCUT2D eigenvalue weighted by Gasteiger charge is -2.28. The fraction of sp³-hybridized carbons (Fsp3) is 0.289. The standard InChI is InChI=1S/C38H40N4O2/c1-4-8-30-23-33-24-36(29-14-12-28(2)13-15-29)44-37(33)27-42(35(30)11-7-20-41-21-18-39-19-22-41)26-32-9-5-6-10-34(32)31-16-17-38(43-3)40-25-31/h1,5-7,9-17,24-25,39H,8,18-23,26-27H2,2-3H3/b11-7-. The highest BCUT2D eigenvalue weighted by Gasteiger charge is 2.25. The number of furan rings is 1. The molecular weight excluding hydrogens is 544 g/mol. The average Bonchev–Trinajstić information content (AvgIpc) is 3.40. The maximum absolute atomic E-state index is 6.61. The van der Waals surface area contributed by atoms with Crippen LogP contribution >= 0.6 is 0 Å². The zero-order chi connectivity index (χ0) is 30.3. The molecule has 0 atom stereocenters. The number of aromatic nitrogens is 1. The first-order chi connectivity index (χ1) is 21.6. The van der Waals surface area contributed by atoms with E-state index in [1.165, 1.54) is 28.0 Å². The molecular formula is C38H40N4O2. The third-order valence-electron chi connectivity index (χ3n) is 8.47. The molecule has 0 radical (unpaired) electrons. The van der Waals surface area contributed by atoms with Crippen molar-refractivity contribution >= 4 is 0 Å². The summed E-state index contributed by atoms with van der Waals surface area (Å²) in [6.45, 7) is 8.55. The minimum absolute atomic E-state index is 0.582. The maximum atomic E-state index is 6.61. The Hall–Kier alpha value is -4.57. The number of rotatable bonds is 9. The highest BCUT2D eigenvalue weighted by molar-refractivity contribution is 5.67. The largest absolute Gasteiger partial charge is 0.481 e. The van der Waals surface area contributed by atoms with E-state index in [4.69, 9.17) is 15.6 Å². The number of allylic oxidation sites excluding steroid dienone is 2. The lowest BCUT2D eigenvalue weighted by atomic mass is 9.99. The monoisotopic (exact) mass is 584 g/mol. The summed E-state index contributed by atoms with van der Waals surface area (Å²) in [6.07, 6.45) is 13.8. The molecule has 1 saturated heterocycles. The third kappa shape index (κ3) is 6.81. The molecule has 1 fully saturated rings. The number of benzene rings is 2. The van der Waals surface area contributed by atoms with Gasteiger partial charge in [-0.15, -0.1) is 12.3 Å². The van der Waals surface area contributed by atoms with Gasteiger partial charge in [-0.25, -0.2) is 4.98 Å². The maximum Gasteiger partial charge on any atom is 0.212 e. The Morgan fingerprint density at radius 3 is 2.59 bits per heavy atom. The van der Waals surface area contributed by atoms with Gasteiger partial charge in [-0.3, -0.25) is 4.90 Å². The highest BCUT2D eigenvalue weighted by Crippen LogP contribution is 2.36. The topological polar surface area (TPSA) is 53.8 Å². The van der Waals surface area contributed by atoms with E-state index >= 15 is 0 Å². The Balaban J connectivity index is 1.38. The molecule has 4 heterocycles. The van der Waals surface area contributed by atoms with Crippen LogP contribution in [-0.2, 0) is 19.5 Å². The predicted octanol–water partition coefficient (Wildman–Crippen LogP) is 6.62. The molecule has 0 spiro atoms. The normalized spacial score (nSPS) is 15.7. The average molecular weight is 585 g/mol. The Morgan fingerprint density at radius 1 is 1.05 bits per heavy atom. The molecule has 2 aliphatic heterocycles. The first-order valence-corrected chi connectivity index (χ1v) is 15.4. The summed E-state index contributed by atoms with van der Waals surface area (Å²) in [7, 11) is 1.64. The second-order valence-corrected chi connectivity index (χ2v) is 11.5. The van der Waals surface area contributed by atoms with Gasteiger partial charge in [0.15, 0.2) is 0 Å². The minimum Gasteiger partial charge on any atom is -0.481 e. The van der Waals surface area contributed by atoms with Gasteiger partial charge in [0, 0.05) is 86.8 Å². The van der Waals surface area contributed by atoms with Crippen molar-refractivity contribution in [1.29, 1.82) is 0 Å². The van der Waals surface area contributed by atoms with Gasteiger partial charge in [0.2, 0.25) is 5.88 Å². The van der Waals surface area contributed by atoms with Crippen molar-refractivity contribution in [3.05, 3.63) is 119 Å². The van der Waals surface area contributed by atoms with Gasteiger partial charge in [0.25, 0.3) is 0 Å². The van der Waals surface area contributed by atoms with E-state index in [1.807, 2.05) is 12.3 Å². The number of fused-ring (bicyclic) bond motifs is 1. The second kappa shape index (κ2) is 13.8. The van der Waals surface area contributed by atoms with Gasteiger partial charge in [-0.05, 0) is 41.8 Å². The van der Waals surface area contributed by atoms with Crippen molar-refractivity contribution < 1.29 is 9.15 Å². The second-order valence-electron chi connectivity index (χ2n) is 11.5. The molecule has 0 aliphatic carbocycles. The van der Waals surface area contributed by atoms with E-state index in [0.717, 1.165) is 67.4 Å². The van der Waals surface area contributed by atoms with Crippen LogP contribution in [0.1, 0.15) is 28.9 Å². The van der Waals surface area contributed by atoms with Gasteiger partial charge in [0.05, 0.1) is 13.7 Å². The smallest absolute Gasteiger partial charge is 0.212 e. The summed E-state index contributed by atoms with van der Waals surface area (Å²) >= 11 is 0. The molecule has 6 nitrogen and oxygen atoms in total. The van der Waals surface area contributed by atoms with Crippen LogP contribution in [0.25, 0.3) is 22.5 Å². The number of hydrogen-bond donors (Lipinski definition) is 1. The number of piperazine rings is 1. The molecule has 4 aromatic rings. The number of terminal acetylenes is 1. The Bertz CT molecular complexity index is 1670. The van der Waals surface area contributed by atoms with Crippen LogP contribution < -0.4 is 10.1 Å². The van der Waals surface area contributed by atoms with E-state index in [0.29, 0.717) is 25.4 Å². The summed E-state index contributed by atoms with van der Waals surface area (Å²) in [5.74, 6) is 5.45. The first-order valence-electron chi connectivity index (χ1n) is 15.4. The number of ether oxygens (including phenoxy) is 1. The molecule has 2 aliphatic rings. The van der Waals surface area contributed by atoms with Crippen LogP contribution in [0.4, 0.5) is 0 Å². The number of hydrogen-bond acceptors (Lipinski definition) is 6. The molecule has 6 rings (SSSR count). The predicted molar refractivity (Wildman–Crippen MR) is 177 cm³/mol. The summed E-state index contributed by atoms with van der Waals surface area (Å²) in [5, 5.41) is 3.44. The van der Waals surface area contributed by atoms with Crippen molar-refractivity contribution in [2.24, 2.45) is 0 Å². The summed E-state index contributed by atoms with van der Waals surface area (Å²) in [5.41, 5.74) is 9.36. The van der Waals surface area contributed by atoms with Gasteiger partial charge < -0.3 is 19.4 Å². The Kier molecular flexibility index (Phi) is 9.26. The zero-order valence-electron chi connectivity index (χ0n) is 25.7. The number of methoxy groups -OCH3 is 1. The van der Waals surface area contributed by atoms with Crippen LogP contribution in [0.2, 0.25) is 0 Å². The molecule has 224 valence electrons. The molecule has 6 heteroatoms. The molecule has 0 amide bonds. The van der Waals surface area contributed by atoms with Crippen LogP contribution in [-0.4, -0.2) is 54.6 Å². The zero-order valence-corrected chi connectivity index (χ0v) is 25.7. The lowest BCUT2D eigenvalue weighted by molar-refractivity contribution is 0.264. The van der Waals surface area contributed by atoms with Gasteiger partial charge in [-0.1, -0.05) is 60.2 Å². The van der Waals surface area contributed by atoms with Crippen LogP contribution in [0.15, 0.2) is 101 Å². The number of nitrogens with zero attached hydrogens (tertiary/aromatic N) is 3. The van der Waals surface area contributed by atoms with Gasteiger partial charge in [0.1, 0.15) is 11.5 Å². The first kappa shape index (κ1) is 29.5. The molecule has 0 saturated carbocycles. The van der Waals surface area contributed by atoms with Crippen molar-refractivity contribution in [2.45, 2.75) is 32.9 Å². The summed E-state index contributed by atoms with van der Waals surface area (Å²) in [6, 6.07) is 23.3. The summed E-state index contributed by atoms with van der Waals surface area (Å²) in [4.78, 5) is 9.40. The highest BCUT2D eigenvalue weighted by atomic mass is 16.5. The van der Waals surface area contributed by atoms with E-state index in [2.05, 4.69) is 106 Å².